The second-order valence-electron chi connectivity index (χ2n) is 7.38. The lowest BCUT2D eigenvalue weighted by atomic mass is 10.1. The Bertz CT molecular complexity index is 1040. The maximum absolute atomic E-state index is 13.0. The van der Waals surface area contributed by atoms with E-state index in [4.69, 9.17) is 31.2 Å². The SMILES string of the molecule is CCCCOc1ccc(C=C2SC(=S)N(CCc3ccc(OC)c(OC)c3)C2=O)cc1OC. The van der Waals surface area contributed by atoms with Crippen LogP contribution in [0.3, 0.4) is 0 Å². The molecule has 0 aromatic heterocycles. The van der Waals surface area contributed by atoms with Gasteiger partial charge in [-0.05, 0) is 54.3 Å². The Morgan fingerprint density at radius 1 is 0.970 bits per heavy atom. The summed E-state index contributed by atoms with van der Waals surface area (Å²) >= 11 is 6.79. The minimum absolute atomic E-state index is 0.0901. The molecule has 0 aliphatic carbocycles. The summed E-state index contributed by atoms with van der Waals surface area (Å²) in [6.45, 7) is 3.25. The van der Waals surface area contributed by atoms with Gasteiger partial charge in [-0.2, -0.15) is 0 Å². The van der Waals surface area contributed by atoms with Crippen LogP contribution in [0.4, 0.5) is 0 Å². The molecule has 33 heavy (non-hydrogen) atoms. The van der Waals surface area contributed by atoms with Crippen molar-refractivity contribution in [3.8, 4) is 23.0 Å². The largest absolute Gasteiger partial charge is 0.493 e. The molecular weight excluding hydrogens is 458 g/mol. The first-order chi connectivity index (χ1) is 16.0. The van der Waals surface area contributed by atoms with E-state index in [2.05, 4.69) is 6.92 Å². The van der Waals surface area contributed by atoms with E-state index in [0.29, 0.717) is 51.8 Å². The number of unbranched alkanes of at least 4 members (excludes halogenated alkanes) is 1. The van der Waals surface area contributed by atoms with Crippen LogP contribution >= 0.6 is 24.0 Å². The van der Waals surface area contributed by atoms with Gasteiger partial charge in [-0.15, -0.1) is 0 Å². The van der Waals surface area contributed by atoms with Crippen LogP contribution in [-0.2, 0) is 11.2 Å². The van der Waals surface area contributed by atoms with Crippen LogP contribution in [0.5, 0.6) is 23.0 Å². The van der Waals surface area contributed by atoms with Crippen molar-refractivity contribution in [1.29, 1.82) is 0 Å². The fourth-order valence-corrected chi connectivity index (χ4v) is 4.65. The van der Waals surface area contributed by atoms with Gasteiger partial charge in [-0.3, -0.25) is 9.69 Å². The summed E-state index contributed by atoms with van der Waals surface area (Å²) in [6, 6.07) is 11.4. The van der Waals surface area contributed by atoms with Crippen molar-refractivity contribution in [1.82, 2.24) is 4.90 Å². The van der Waals surface area contributed by atoms with E-state index in [1.165, 1.54) is 11.8 Å². The molecule has 0 spiro atoms. The number of benzene rings is 2. The van der Waals surface area contributed by atoms with E-state index in [1.54, 1.807) is 26.2 Å². The standard InChI is InChI=1S/C25H29NO5S2/c1-5-6-13-31-20-10-8-18(15-22(20)30-4)16-23-24(27)26(25(32)33-23)12-11-17-7-9-19(28-2)21(14-17)29-3/h7-10,14-16H,5-6,11-13H2,1-4H3. The van der Waals surface area contributed by atoms with Gasteiger partial charge in [-0.1, -0.05) is 49.5 Å². The Morgan fingerprint density at radius 2 is 1.67 bits per heavy atom. The molecule has 2 aromatic carbocycles. The first kappa shape index (κ1) is 24.9. The molecule has 6 nitrogen and oxygen atoms in total. The van der Waals surface area contributed by atoms with Gasteiger partial charge >= 0.3 is 0 Å². The zero-order chi connectivity index (χ0) is 23.8. The molecule has 0 unspecified atom stereocenters. The molecule has 176 valence electrons. The Balaban J connectivity index is 1.69. The summed E-state index contributed by atoms with van der Waals surface area (Å²) in [7, 11) is 4.82. The molecule has 1 fully saturated rings. The predicted molar refractivity (Wildman–Crippen MR) is 137 cm³/mol. The highest BCUT2D eigenvalue weighted by atomic mass is 32.2. The van der Waals surface area contributed by atoms with Gasteiger partial charge in [0.15, 0.2) is 23.0 Å². The number of thioether (sulfide) groups is 1. The van der Waals surface area contributed by atoms with E-state index in [9.17, 15) is 4.79 Å². The molecule has 1 saturated heterocycles. The lowest BCUT2D eigenvalue weighted by Crippen LogP contribution is -2.30. The molecule has 2 aromatic rings. The Labute approximate surface area is 204 Å². The molecule has 0 bridgehead atoms. The first-order valence-electron chi connectivity index (χ1n) is 10.8. The fraction of sp³-hybridized carbons (Fsp3) is 0.360. The van der Waals surface area contributed by atoms with Gasteiger partial charge in [0.2, 0.25) is 0 Å². The van der Waals surface area contributed by atoms with Crippen LogP contribution in [0, 0.1) is 0 Å². The van der Waals surface area contributed by atoms with Gasteiger partial charge in [0, 0.05) is 6.54 Å². The van der Waals surface area contributed by atoms with E-state index >= 15 is 0 Å². The van der Waals surface area contributed by atoms with Crippen LogP contribution in [-0.4, -0.2) is 49.6 Å². The number of rotatable bonds is 11. The molecule has 0 N–H and O–H groups in total. The minimum Gasteiger partial charge on any atom is -0.493 e. The van der Waals surface area contributed by atoms with Crippen molar-refractivity contribution in [3.63, 3.8) is 0 Å². The van der Waals surface area contributed by atoms with Crippen molar-refractivity contribution in [2.75, 3.05) is 34.5 Å². The van der Waals surface area contributed by atoms with E-state index in [1.807, 2.05) is 42.5 Å². The number of methoxy groups -OCH3 is 3. The van der Waals surface area contributed by atoms with Gasteiger partial charge in [0.1, 0.15) is 4.32 Å². The zero-order valence-corrected chi connectivity index (χ0v) is 21.0. The number of thiocarbonyl (C=S) groups is 1. The summed E-state index contributed by atoms with van der Waals surface area (Å²) in [4.78, 5) is 15.2. The maximum Gasteiger partial charge on any atom is 0.266 e. The molecule has 8 heteroatoms. The first-order valence-corrected chi connectivity index (χ1v) is 12.0. The Morgan fingerprint density at radius 3 is 2.36 bits per heavy atom. The van der Waals surface area contributed by atoms with Crippen LogP contribution < -0.4 is 18.9 Å². The summed E-state index contributed by atoms with van der Waals surface area (Å²) in [5, 5.41) is 0. The average Bonchev–Trinajstić information content (AvgIpc) is 3.10. The molecule has 0 saturated carbocycles. The van der Waals surface area contributed by atoms with E-state index in [0.717, 1.165) is 24.0 Å². The number of nitrogens with zero attached hydrogens (tertiary/aromatic N) is 1. The molecular formula is C25H29NO5S2. The van der Waals surface area contributed by atoms with Crippen LogP contribution in [0.2, 0.25) is 0 Å². The normalized spacial score (nSPS) is 14.7. The van der Waals surface area contributed by atoms with Crippen molar-refractivity contribution >= 4 is 40.3 Å². The van der Waals surface area contributed by atoms with E-state index in [-0.39, 0.29) is 5.91 Å². The quantitative estimate of drug-likeness (QED) is 0.241. The van der Waals surface area contributed by atoms with Crippen LogP contribution in [0.1, 0.15) is 30.9 Å². The van der Waals surface area contributed by atoms with Gasteiger partial charge in [0.25, 0.3) is 5.91 Å². The lowest BCUT2D eigenvalue weighted by molar-refractivity contribution is -0.122. The van der Waals surface area contributed by atoms with Gasteiger partial charge < -0.3 is 18.9 Å². The number of carbonyl (C=O) groups excluding carboxylic acids is 1. The van der Waals surface area contributed by atoms with Crippen molar-refractivity contribution in [2.24, 2.45) is 0 Å². The van der Waals surface area contributed by atoms with Crippen LogP contribution in [0.15, 0.2) is 41.3 Å². The highest BCUT2D eigenvalue weighted by Gasteiger charge is 2.31. The molecule has 1 aliphatic heterocycles. The third-order valence-electron chi connectivity index (χ3n) is 5.19. The highest BCUT2D eigenvalue weighted by Crippen LogP contribution is 2.35. The summed E-state index contributed by atoms with van der Waals surface area (Å²) < 4.78 is 22.5. The molecule has 3 rings (SSSR count). The highest BCUT2D eigenvalue weighted by molar-refractivity contribution is 8.26. The number of carbonyl (C=O) groups is 1. The number of ether oxygens (including phenoxy) is 4. The van der Waals surface area contributed by atoms with Crippen molar-refractivity contribution in [2.45, 2.75) is 26.2 Å². The predicted octanol–water partition coefficient (Wildman–Crippen LogP) is 5.34. The summed E-state index contributed by atoms with van der Waals surface area (Å²) in [6.07, 6.45) is 4.54. The topological polar surface area (TPSA) is 57.2 Å². The Hall–Kier alpha value is -2.71. The molecule has 1 amide bonds. The monoisotopic (exact) mass is 487 g/mol. The maximum atomic E-state index is 13.0. The van der Waals surface area contributed by atoms with Crippen molar-refractivity contribution in [3.05, 3.63) is 52.4 Å². The number of amides is 1. The van der Waals surface area contributed by atoms with Crippen LogP contribution in [0.25, 0.3) is 6.08 Å². The lowest BCUT2D eigenvalue weighted by Gasteiger charge is -2.15. The van der Waals surface area contributed by atoms with Gasteiger partial charge in [-0.25, -0.2) is 0 Å². The second-order valence-corrected chi connectivity index (χ2v) is 9.06. The number of hydrogen-bond donors (Lipinski definition) is 0. The third-order valence-corrected chi connectivity index (χ3v) is 6.56. The summed E-state index contributed by atoms with van der Waals surface area (Å²) in [5.74, 6) is 2.59. The zero-order valence-electron chi connectivity index (χ0n) is 19.4. The molecule has 1 heterocycles. The number of hydrogen-bond acceptors (Lipinski definition) is 7. The van der Waals surface area contributed by atoms with Gasteiger partial charge in [0.05, 0.1) is 32.8 Å². The van der Waals surface area contributed by atoms with Crippen molar-refractivity contribution < 1.29 is 23.7 Å². The molecule has 0 atom stereocenters. The molecule has 1 aliphatic rings. The molecule has 0 radical (unpaired) electrons. The smallest absolute Gasteiger partial charge is 0.266 e. The summed E-state index contributed by atoms with van der Waals surface area (Å²) in [5.41, 5.74) is 1.89. The minimum atomic E-state index is -0.0901. The third kappa shape index (κ3) is 6.21. The van der Waals surface area contributed by atoms with E-state index < -0.39 is 0 Å². The second kappa shape index (κ2) is 12.0. The average molecular weight is 488 g/mol. The Kier molecular flexibility index (Phi) is 9.03. The fourth-order valence-electron chi connectivity index (χ4n) is 3.34.